The zero-order valence-electron chi connectivity index (χ0n) is 13.7. The molecule has 0 aliphatic heterocycles. The topological polar surface area (TPSA) is 58.2 Å². The van der Waals surface area contributed by atoms with Gasteiger partial charge in [-0.1, -0.05) is 58.3 Å². The van der Waals surface area contributed by atoms with Gasteiger partial charge >= 0.3 is 0 Å². The third-order valence-corrected chi connectivity index (χ3v) is 4.74. The van der Waals surface area contributed by atoms with Crippen molar-refractivity contribution < 1.29 is 17.5 Å². The molecule has 1 aromatic heterocycles. The van der Waals surface area contributed by atoms with Crippen molar-refractivity contribution in [1.82, 2.24) is 0 Å². The standard InChI is InChI=1S/C17H29NO3S/c1-2-3-4-5-6-7-8-9-10-11-14-18-15-12-13-17(16-18)22(19,20)21/h12-13,15-16H,2-11,14H2,1H3/p+1. The second-order valence-electron chi connectivity index (χ2n) is 5.93. The predicted molar refractivity (Wildman–Crippen MR) is 88.3 cm³/mol. The summed E-state index contributed by atoms with van der Waals surface area (Å²) < 4.78 is 33.0. The molecule has 0 aromatic carbocycles. The monoisotopic (exact) mass is 328 g/mol. The van der Waals surface area contributed by atoms with Crippen LogP contribution in [-0.4, -0.2) is 13.0 Å². The Balaban J connectivity index is 2.10. The maximum absolute atomic E-state index is 11.1. The predicted octanol–water partition coefficient (Wildman–Crippen LogP) is 4.14. The Bertz CT molecular complexity index is 514. The molecule has 5 heteroatoms. The first kappa shape index (κ1) is 19.1. The number of unbranched alkanes of at least 4 members (excludes halogenated alkanes) is 9. The highest BCUT2D eigenvalue weighted by Gasteiger charge is 2.13. The lowest BCUT2D eigenvalue weighted by Gasteiger charge is -2.02. The molecule has 1 heterocycles. The van der Waals surface area contributed by atoms with Gasteiger partial charge in [0.2, 0.25) is 0 Å². The van der Waals surface area contributed by atoms with Gasteiger partial charge in [-0.25, -0.2) is 4.57 Å². The fourth-order valence-electron chi connectivity index (χ4n) is 2.57. The van der Waals surface area contributed by atoms with Gasteiger partial charge in [-0.2, -0.15) is 8.42 Å². The molecule has 0 radical (unpaired) electrons. The molecule has 0 unspecified atom stereocenters. The van der Waals surface area contributed by atoms with E-state index in [1.807, 2.05) is 10.8 Å². The molecular weight excluding hydrogens is 298 g/mol. The van der Waals surface area contributed by atoms with Crippen LogP contribution in [0.5, 0.6) is 0 Å². The Morgan fingerprint density at radius 2 is 1.50 bits per heavy atom. The van der Waals surface area contributed by atoms with E-state index >= 15 is 0 Å². The lowest BCUT2D eigenvalue weighted by molar-refractivity contribution is -0.699. The Hall–Kier alpha value is -0.940. The van der Waals surface area contributed by atoms with Crippen molar-refractivity contribution in [2.75, 3.05) is 0 Å². The highest BCUT2D eigenvalue weighted by molar-refractivity contribution is 7.85. The fraction of sp³-hybridized carbons (Fsp3) is 0.706. The maximum atomic E-state index is 11.1. The van der Waals surface area contributed by atoms with Crippen molar-refractivity contribution in [2.24, 2.45) is 0 Å². The summed E-state index contributed by atoms with van der Waals surface area (Å²) in [6.45, 7) is 3.03. The minimum absolute atomic E-state index is 0.0397. The van der Waals surface area contributed by atoms with Gasteiger partial charge in [-0.05, 0) is 12.5 Å². The van der Waals surface area contributed by atoms with Gasteiger partial charge in [0.25, 0.3) is 10.1 Å². The van der Waals surface area contributed by atoms with Crippen LogP contribution in [0.3, 0.4) is 0 Å². The molecule has 1 N–H and O–H groups in total. The molecule has 126 valence electrons. The summed E-state index contributed by atoms with van der Waals surface area (Å²) >= 11 is 0. The van der Waals surface area contributed by atoms with E-state index in [9.17, 15) is 8.42 Å². The van der Waals surface area contributed by atoms with Crippen molar-refractivity contribution in [3.63, 3.8) is 0 Å². The number of nitrogens with zero attached hydrogens (tertiary/aromatic N) is 1. The largest absolute Gasteiger partial charge is 0.300 e. The van der Waals surface area contributed by atoms with Gasteiger partial charge < -0.3 is 0 Å². The van der Waals surface area contributed by atoms with Crippen LogP contribution in [0.25, 0.3) is 0 Å². The van der Waals surface area contributed by atoms with E-state index in [0.717, 1.165) is 19.4 Å². The molecule has 0 spiro atoms. The number of pyridine rings is 1. The minimum Gasteiger partial charge on any atom is -0.282 e. The van der Waals surface area contributed by atoms with Crippen LogP contribution in [0.4, 0.5) is 0 Å². The number of hydrogen-bond donors (Lipinski definition) is 1. The highest BCUT2D eigenvalue weighted by atomic mass is 32.2. The van der Waals surface area contributed by atoms with E-state index in [-0.39, 0.29) is 4.90 Å². The van der Waals surface area contributed by atoms with Crippen LogP contribution >= 0.6 is 0 Å². The molecule has 0 atom stereocenters. The molecule has 0 aliphatic carbocycles. The van der Waals surface area contributed by atoms with Crippen LogP contribution in [0.15, 0.2) is 29.4 Å². The summed E-state index contributed by atoms with van der Waals surface area (Å²) in [6, 6.07) is 3.06. The second kappa shape index (κ2) is 10.7. The average molecular weight is 328 g/mol. The summed E-state index contributed by atoms with van der Waals surface area (Å²) in [5.74, 6) is 0. The Morgan fingerprint density at radius 1 is 0.955 bits per heavy atom. The fourth-order valence-corrected chi connectivity index (χ4v) is 3.09. The average Bonchev–Trinajstić information content (AvgIpc) is 2.49. The second-order valence-corrected chi connectivity index (χ2v) is 7.36. The van der Waals surface area contributed by atoms with Crippen LogP contribution in [0, 0.1) is 0 Å². The van der Waals surface area contributed by atoms with Crippen LogP contribution in [0.1, 0.15) is 71.1 Å². The summed E-state index contributed by atoms with van der Waals surface area (Å²) in [4.78, 5) is -0.0397. The third-order valence-electron chi connectivity index (χ3n) is 3.90. The highest BCUT2D eigenvalue weighted by Crippen LogP contribution is 2.10. The Kier molecular flexibility index (Phi) is 9.32. The zero-order chi connectivity index (χ0) is 16.3. The number of hydrogen-bond acceptors (Lipinski definition) is 2. The molecule has 1 rings (SSSR count). The van der Waals surface area contributed by atoms with Crippen molar-refractivity contribution in [2.45, 2.75) is 82.6 Å². The molecule has 22 heavy (non-hydrogen) atoms. The third kappa shape index (κ3) is 8.49. The van der Waals surface area contributed by atoms with Crippen LogP contribution in [-0.2, 0) is 16.7 Å². The van der Waals surface area contributed by atoms with Gasteiger partial charge in [0.05, 0.1) is 0 Å². The van der Waals surface area contributed by atoms with Crippen LogP contribution in [0.2, 0.25) is 0 Å². The summed E-state index contributed by atoms with van der Waals surface area (Å²) in [6.07, 6.45) is 16.1. The number of aryl methyl sites for hydroxylation is 1. The number of rotatable bonds is 12. The molecule has 0 fully saturated rings. The quantitative estimate of drug-likeness (QED) is 0.356. The summed E-state index contributed by atoms with van der Waals surface area (Å²) in [5.41, 5.74) is 0. The van der Waals surface area contributed by atoms with Gasteiger partial charge in [0.15, 0.2) is 17.3 Å². The lowest BCUT2D eigenvalue weighted by atomic mass is 10.1. The first-order valence-electron chi connectivity index (χ1n) is 8.50. The molecular formula is C17H30NO3S+. The summed E-state index contributed by atoms with van der Waals surface area (Å²) in [7, 11) is -4.10. The van der Waals surface area contributed by atoms with Gasteiger partial charge in [-0.15, -0.1) is 0 Å². The van der Waals surface area contributed by atoms with Crippen molar-refractivity contribution in [3.05, 3.63) is 24.5 Å². The maximum Gasteiger partial charge on any atom is 0.300 e. The molecule has 0 saturated heterocycles. The molecule has 0 amide bonds. The molecule has 0 saturated carbocycles. The van der Waals surface area contributed by atoms with Crippen LogP contribution < -0.4 is 4.57 Å². The van der Waals surface area contributed by atoms with Gasteiger partial charge in [0, 0.05) is 12.5 Å². The van der Waals surface area contributed by atoms with E-state index in [1.165, 1.54) is 63.6 Å². The first-order valence-corrected chi connectivity index (χ1v) is 9.94. The smallest absolute Gasteiger partial charge is 0.282 e. The van der Waals surface area contributed by atoms with Crippen molar-refractivity contribution >= 4 is 10.1 Å². The van der Waals surface area contributed by atoms with Gasteiger partial charge in [0.1, 0.15) is 6.54 Å². The van der Waals surface area contributed by atoms with E-state index in [0.29, 0.717) is 0 Å². The Morgan fingerprint density at radius 3 is 2.05 bits per heavy atom. The molecule has 0 bridgehead atoms. The van der Waals surface area contributed by atoms with E-state index in [4.69, 9.17) is 4.55 Å². The van der Waals surface area contributed by atoms with E-state index < -0.39 is 10.1 Å². The molecule has 4 nitrogen and oxygen atoms in total. The summed E-state index contributed by atoms with van der Waals surface area (Å²) in [5, 5.41) is 0. The Labute approximate surface area is 135 Å². The minimum atomic E-state index is -4.10. The number of aromatic nitrogens is 1. The normalized spacial score (nSPS) is 11.7. The molecule has 0 aliphatic rings. The van der Waals surface area contributed by atoms with E-state index in [1.54, 1.807) is 6.07 Å². The van der Waals surface area contributed by atoms with E-state index in [2.05, 4.69) is 6.92 Å². The zero-order valence-corrected chi connectivity index (χ0v) is 14.5. The molecule has 1 aromatic rings. The van der Waals surface area contributed by atoms with Crippen molar-refractivity contribution in [1.29, 1.82) is 0 Å². The van der Waals surface area contributed by atoms with Gasteiger partial charge in [-0.3, -0.25) is 4.55 Å². The first-order chi connectivity index (χ1) is 10.5. The lowest BCUT2D eigenvalue weighted by Crippen LogP contribution is -2.33. The van der Waals surface area contributed by atoms with Crippen molar-refractivity contribution in [3.8, 4) is 0 Å². The SMILES string of the molecule is CCCCCCCCCCCC[n+]1cccc(S(=O)(=O)O)c1.